The molecule has 0 atom stereocenters. The maximum absolute atomic E-state index is 13.5. The van der Waals surface area contributed by atoms with Gasteiger partial charge in [-0.25, -0.2) is 9.18 Å². The molecule has 0 radical (unpaired) electrons. The number of nitro benzene ring substituents is 1. The van der Waals surface area contributed by atoms with Gasteiger partial charge in [0.15, 0.2) is 0 Å². The molecule has 1 rings (SSSR count). The summed E-state index contributed by atoms with van der Waals surface area (Å²) in [5, 5.41) is 10.4. The number of ether oxygens (including phenoxy) is 1. The van der Waals surface area contributed by atoms with E-state index in [0.717, 1.165) is 25.7 Å². The Morgan fingerprint density at radius 3 is 2.48 bits per heavy atom. The van der Waals surface area contributed by atoms with E-state index < -0.39 is 33.8 Å². The van der Waals surface area contributed by atoms with E-state index in [2.05, 4.69) is 6.92 Å². The molecule has 1 aromatic rings. The molecule has 0 spiro atoms. The number of esters is 1. The lowest BCUT2D eigenvalue weighted by molar-refractivity contribution is -0.387. The molecule has 0 N–H and O–H groups in total. The number of carbonyl (C=O) groups is 1. The van der Waals surface area contributed by atoms with E-state index in [1.807, 2.05) is 0 Å². The van der Waals surface area contributed by atoms with Gasteiger partial charge in [0.1, 0.15) is 5.82 Å². The second kappa shape index (κ2) is 8.28. The fourth-order valence-corrected chi connectivity index (χ4v) is 1.78. The van der Waals surface area contributed by atoms with Crippen molar-refractivity contribution in [3.63, 3.8) is 0 Å². The molecule has 116 valence electrons. The minimum atomic E-state index is -1.27. The van der Waals surface area contributed by atoms with Crippen molar-refractivity contribution in [3.05, 3.63) is 39.4 Å². The smallest absolute Gasteiger partial charge is 0.341 e. The van der Waals surface area contributed by atoms with Crippen molar-refractivity contribution in [2.24, 2.45) is 0 Å². The Labute approximate surface area is 121 Å². The van der Waals surface area contributed by atoms with Crippen molar-refractivity contribution < 1.29 is 23.2 Å². The second-order valence-electron chi connectivity index (χ2n) is 4.59. The first-order valence-corrected chi connectivity index (χ1v) is 6.78. The van der Waals surface area contributed by atoms with E-state index in [1.165, 1.54) is 0 Å². The maximum Gasteiger partial charge on any atom is 0.341 e. The van der Waals surface area contributed by atoms with Crippen molar-refractivity contribution in [2.45, 2.75) is 39.0 Å². The third kappa shape index (κ3) is 5.09. The van der Waals surface area contributed by atoms with Crippen LogP contribution >= 0.6 is 0 Å². The minimum Gasteiger partial charge on any atom is -0.462 e. The van der Waals surface area contributed by atoms with Crippen molar-refractivity contribution in [2.75, 3.05) is 6.61 Å². The van der Waals surface area contributed by atoms with Crippen LogP contribution in [0.1, 0.15) is 49.4 Å². The van der Waals surface area contributed by atoms with Gasteiger partial charge in [-0.3, -0.25) is 10.1 Å². The normalized spacial score (nSPS) is 10.4. The average Bonchev–Trinajstić information content (AvgIpc) is 2.44. The number of hydrogen-bond donors (Lipinski definition) is 0. The highest BCUT2D eigenvalue weighted by molar-refractivity contribution is 5.90. The highest BCUT2D eigenvalue weighted by atomic mass is 19.1. The fourth-order valence-electron chi connectivity index (χ4n) is 1.78. The van der Waals surface area contributed by atoms with E-state index >= 15 is 0 Å². The lowest BCUT2D eigenvalue weighted by atomic mass is 10.1. The molecule has 0 aliphatic heterocycles. The first-order valence-electron chi connectivity index (χ1n) is 6.78. The summed E-state index contributed by atoms with van der Waals surface area (Å²) in [7, 11) is 0. The van der Waals surface area contributed by atoms with Crippen LogP contribution in [0.15, 0.2) is 12.1 Å². The third-order valence-electron chi connectivity index (χ3n) is 2.93. The van der Waals surface area contributed by atoms with Gasteiger partial charge in [-0.05, 0) is 12.5 Å². The summed E-state index contributed by atoms with van der Waals surface area (Å²) in [5.74, 6) is -3.45. The van der Waals surface area contributed by atoms with E-state index in [0.29, 0.717) is 18.6 Å². The fraction of sp³-hybridized carbons (Fsp3) is 0.500. The van der Waals surface area contributed by atoms with Gasteiger partial charge in [0.25, 0.3) is 0 Å². The average molecular weight is 301 g/mol. The molecule has 0 bridgehead atoms. The van der Waals surface area contributed by atoms with Crippen LogP contribution in [0.3, 0.4) is 0 Å². The van der Waals surface area contributed by atoms with Gasteiger partial charge in [0, 0.05) is 0 Å². The van der Waals surface area contributed by atoms with Gasteiger partial charge < -0.3 is 4.74 Å². The molecule has 0 amide bonds. The number of carbonyl (C=O) groups excluding carboxylic acids is 1. The molecule has 0 heterocycles. The molecule has 1 aromatic carbocycles. The Kier molecular flexibility index (Phi) is 6.71. The van der Waals surface area contributed by atoms with Crippen molar-refractivity contribution in [1.82, 2.24) is 0 Å². The van der Waals surface area contributed by atoms with Crippen molar-refractivity contribution >= 4 is 11.7 Å². The van der Waals surface area contributed by atoms with Gasteiger partial charge in [-0.1, -0.05) is 32.6 Å². The monoisotopic (exact) mass is 301 g/mol. The minimum absolute atomic E-state index is 0.112. The largest absolute Gasteiger partial charge is 0.462 e. The molecular weight excluding hydrogens is 284 g/mol. The number of rotatable bonds is 8. The quantitative estimate of drug-likeness (QED) is 0.315. The van der Waals surface area contributed by atoms with Gasteiger partial charge in [-0.2, -0.15) is 4.39 Å². The zero-order valence-corrected chi connectivity index (χ0v) is 11.7. The SMILES string of the molecule is CCCCCCCOC(=O)c1cc(F)c([N+](=O)[O-])cc1F. The molecule has 21 heavy (non-hydrogen) atoms. The molecule has 0 saturated heterocycles. The third-order valence-corrected chi connectivity index (χ3v) is 2.93. The van der Waals surface area contributed by atoms with Crippen molar-refractivity contribution in [3.8, 4) is 0 Å². The van der Waals surface area contributed by atoms with E-state index in [9.17, 15) is 23.7 Å². The van der Waals surface area contributed by atoms with Gasteiger partial charge in [0.05, 0.1) is 23.2 Å². The first kappa shape index (κ1) is 17.0. The summed E-state index contributed by atoms with van der Waals surface area (Å²) in [6.07, 6.45) is 4.73. The zero-order valence-electron chi connectivity index (χ0n) is 11.7. The first-order chi connectivity index (χ1) is 9.97. The lowest BCUT2D eigenvalue weighted by Crippen LogP contribution is -2.10. The highest BCUT2D eigenvalue weighted by Gasteiger charge is 2.22. The molecular formula is C14H17F2NO4. The highest BCUT2D eigenvalue weighted by Crippen LogP contribution is 2.22. The summed E-state index contributed by atoms with van der Waals surface area (Å²) in [6.45, 7) is 2.19. The molecule has 0 saturated carbocycles. The van der Waals surface area contributed by atoms with Crippen molar-refractivity contribution in [1.29, 1.82) is 0 Å². The molecule has 0 aliphatic carbocycles. The van der Waals surface area contributed by atoms with Crippen LogP contribution in [0.5, 0.6) is 0 Å². The summed E-state index contributed by atoms with van der Waals surface area (Å²) in [5.41, 5.74) is -1.64. The van der Waals surface area contributed by atoms with E-state index in [4.69, 9.17) is 4.74 Å². The number of nitrogens with zero attached hydrogens (tertiary/aromatic N) is 1. The summed E-state index contributed by atoms with van der Waals surface area (Å²) in [6, 6.07) is 0.875. The Bertz CT molecular complexity index is 520. The number of nitro groups is 1. The maximum atomic E-state index is 13.5. The van der Waals surface area contributed by atoms with Crippen LogP contribution in [0.2, 0.25) is 0 Å². The van der Waals surface area contributed by atoms with Crippen LogP contribution < -0.4 is 0 Å². The molecule has 0 aliphatic rings. The predicted molar refractivity (Wildman–Crippen MR) is 72.1 cm³/mol. The second-order valence-corrected chi connectivity index (χ2v) is 4.59. The van der Waals surface area contributed by atoms with Crippen LogP contribution in [-0.4, -0.2) is 17.5 Å². The van der Waals surface area contributed by atoms with Crippen LogP contribution in [0.4, 0.5) is 14.5 Å². The Hall–Kier alpha value is -2.05. The summed E-state index contributed by atoms with van der Waals surface area (Å²) >= 11 is 0. The molecule has 0 fully saturated rings. The summed E-state index contributed by atoms with van der Waals surface area (Å²) in [4.78, 5) is 21.0. The Balaban J connectivity index is 2.58. The van der Waals surface area contributed by atoms with E-state index in [1.54, 1.807) is 0 Å². The van der Waals surface area contributed by atoms with Gasteiger partial charge >= 0.3 is 11.7 Å². The molecule has 0 unspecified atom stereocenters. The van der Waals surface area contributed by atoms with Crippen LogP contribution in [-0.2, 0) is 4.74 Å². The number of benzene rings is 1. The Morgan fingerprint density at radius 2 is 1.86 bits per heavy atom. The van der Waals surface area contributed by atoms with E-state index in [-0.39, 0.29) is 6.61 Å². The predicted octanol–water partition coefficient (Wildman–Crippen LogP) is 4.00. The Morgan fingerprint density at radius 1 is 1.19 bits per heavy atom. The molecule has 7 heteroatoms. The number of unbranched alkanes of at least 4 members (excludes halogenated alkanes) is 4. The standard InChI is InChI=1S/C14H17F2NO4/c1-2-3-4-5-6-7-21-14(18)10-8-12(16)13(17(19)20)9-11(10)15/h8-9H,2-7H2,1H3. The summed E-state index contributed by atoms with van der Waals surface area (Å²) < 4.78 is 31.7. The molecule has 0 aromatic heterocycles. The molecule has 5 nitrogen and oxygen atoms in total. The van der Waals surface area contributed by atoms with Gasteiger partial charge in [0.2, 0.25) is 5.82 Å². The zero-order chi connectivity index (χ0) is 15.8. The topological polar surface area (TPSA) is 69.4 Å². The van der Waals surface area contributed by atoms with Crippen LogP contribution in [0.25, 0.3) is 0 Å². The van der Waals surface area contributed by atoms with Gasteiger partial charge in [-0.15, -0.1) is 0 Å². The number of hydrogen-bond acceptors (Lipinski definition) is 4. The number of halogens is 2. The lowest BCUT2D eigenvalue weighted by Gasteiger charge is -2.06. The van der Waals surface area contributed by atoms with Crippen LogP contribution in [0, 0.1) is 21.7 Å².